The Balaban J connectivity index is 2.10. The molecule has 5 nitrogen and oxygen atoms in total. The van der Waals surface area contributed by atoms with E-state index in [1.165, 1.54) is 0 Å². The lowest BCUT2D eigenvalue weighted by Crippen LogP contribution is -2.07. The fourth-order valence-electron chi connectivity index (χ4n) is 2.14. The molecule has 104 valence electrons. The standard InChI is InChI=1S/C15H17N3O2/c1-3-20-15(19)5-4-6-18-14-7-11(2)12(9-16)8-13(14)10-17-18/h7-8,10H,3-6H2,1-2H3. The molecule has 0 aliphatic carbocycles. The zero-order valence-electron chi connectivity index (χ0n) is 11.7. The highest BCUT2D eigenvalue weighted by Crippen LogP contribution is 2.19. The van der Waals surface area contributed by atoms with Crippen molar-refractivity contribution in [2.24, 2.45) is 0 Å². The number of nitrogens with zero attached hydrogens (tertiary/aromatic N) is 3. The maximum absolute atomic E-state index is 11.3. The summed E-state index contributed by atoms with van der Waals surface area (Å²) in [6, 6.07) is 5.98. The monoisotopic (exact) mass is 271 g/mol. The number of carbonyl (C=O) groups excluding carboxylic acids is 1. The highest BCUT2D eigenvalue weighted by atomic mass is 16.5. The Bertz CT molecular complexity index is 668. The van der Waals surface area contributed by atoms with Gasteiger partial charge in [0.2, 0.25) is 0 Å². The molecule has 0 bridgehead atoms. The van der Waals surface area contributed by atoms with Crippen LogP contribution in [0.1, 0.15) is 30.9 Å². The molecule has 2 aromatic rings. The molecule has 0 saturated carbocycles. The predicted molar refractivity (Wildman–Crippen MR) is 75.1 cm³/mol. The third-order valence-electron chi connectivity index (χ3n) is 3.16. The molecule has 0 atom stereocenters. The predicted octanol–water partition coefficient (Wildman–Crippen LogP) is 2.56. The number of hydrogen-bond acceptors (Lipinski definition) is 4. The smallest absolute Gasteiger partial charge is 0.305 e. The van der Waals surface area contributed by atoms with Crippen molar-refractivity contribution < 1.29 is 9.53 Å². The Hall–Kier alpha value is -2.35. The van der Waals surface area contributed by atoms with E-state index < -0.39 is 0 Å². The van der Waals surface area contributed by atoms with E-state index in [4.69, 9.17) is 10.00 Å². The number of carbonyl (C=O) groups is 1. The van der Waals surface area contributed by atoms with Gasteiger partial charge in [-0.3, -0.25) is 9.48 Å². The highest BCUT2D eigenvalue weighted by Gasteiger charge is 2.08. The van der Waals surface area contributed by atoms with Crippen LogP contribution in [0, 0.1) is 18.3 Å². The Morgan fingerprint density at radius 2 is 2.30 bits per heavy atom. The number of benzene rings is 1. The van der Waals surface area contributed by atoms with Gasteiger partial charge in [0, 0.05) is 18.4 Å². The first-order valence-corrected chi connectivity index (χ1v) is 6.67. The van der Waals surface area contributed by atoms with Gasteiger partial charge in [0.25, 0.3) is 0 Å². The van der Waals surface area contributed by atoms with Gasteiger partial charge in [-0.05, 0) is 38.0 Å². The minimum absolute atomic E-state index is 0.174. The zero-order valence-corrected chi connectivity index (χ0v) is 11.7. The molecular formula is C15H17N3O2. The van der Waals surface area contributed by atoms with Gasteiger partial charge in [0.1, 0.15) is 0 Å². The topological polar surface area (TPSA) is 67.9 Å². The molecule has 0 saturated heterocycles. The molecule has 1 heterocycles. The minimum atomic E-state index is -0.174. The summed E-state index contributed by atoms with van der Waals surface area (Å²) in [5.41, 5.74) is 2.60. The summed E-state index contributed by atoms with van der Waals surface area (Å²) in [5.74, 6) is -0.174. The van der Waals surface area contributed by atoms with Crippen molar-refractivity contribution in [1.29, 1.82) is 5.26 Å². The van der Waals surface area contributed by atoms with Crippen LogP contribution in [0.5, 0.6) is 0 Å². The number of rotatable bonds is 5. The third kappa shape index (κ3) is 2.97. The molecule has 0 radical (unpaired) electrons. The van der Waals surface area contributed by atoms with Crippen LogP contribution >= 0.6 is 0 Å². The quantitative estimate of drug-likeness (QED) is 0.784. The summed E-state index contributed by atoms with van der Waals surface area (Å²) in [6.45, 7) is 4.79. The van der Waals surface area contributed by atoms with Gasteiger partial charge in [-0.15, -0.1) is 0 Å². The molecule has 5 heteroatoms. The van der Waals surface area contributed by atoms with Crippen LogP contribution in [0.4, 0.5) is 0 Å². The molecule has 2 rings (SSSR count). The first-order valence-electron chi connectivity index (χ1n) is 6.67. The van der Waals surface area contributed by atoms with E-state index in [-0.39, 0.29) is 5.97 Å². The van der Waals surface area contributed by atoms with Gasteiger partial charge in [-0.25, -0.2) is 0 Å². The SMILES string of the molecule is CCOC(=O)CCCn1ncc2cc(C#N)c(C)cc21. The summed E-state index contributed by atoms with van der Waals surface area (Å²) >= 11 is 0. The Kier molecular flexibility index (Phi) is 4.36. The largest absolute Gasteiger partial charge is 0.466 e. The van der Waals surface area contributed by atoms with Gasteiger partial charge in [0.05, 0.1) is 30.0 Å². The average molecular weight is 271 g/mol. The Morgan fingerprint density at radius 1 is 1.50 bits per heavy atom. The molecule has 0 aliphatic rings. The molecule has 0 amide bonds. The van der Waals surface area contributed by atoms with Crippen LogP contribution in [0.3, 0.4) is 0 Å². The number of aryl methyl sites for hydroxylation is 2. The lowest BCUT2D eigenvalue weighted by atomic mass is 10.1. The number of fused-ring (bicyclic) bond motifs is 1. The lowest BCUT2D eigenvalue weighted by Gasteiger charge is -2.05. The first-order chi connectivity index (χ1) is 9.65. The van der Waals surface area contributed by atoms with E-state index in [0.717, 1.165) is 16.5 Å². The van der Waals surface area contributed by atoms with Gasteiger partial charge >= 0.3 is 5.97 Å². The molecule has 1 aromatic carbocycles. The number of aromatic nitrogens is 2. The van der Waals surface area contributed by atoms with Crippen molar-refractivity contribution in [3.63, 3.8) is 0 Å². The van der Waals surface area contributed by atoms with Gasteiger partial charge in [-0.2, -0.15) is 10.4 Å². The number of ether oxygens (including phenoxy) is 1. The highest BCUT2D eigenvalue weighted by molar-refractivity contribution is 5.81. The van der Waals surface area contributed by atoms with Crippen molar-refractivity contribution in [2.75, 3.05) is 6.61 Å². The van der Waals surface area contributed by atoms with E-state index in [1.807, 2.05) is 23.7 Å². The van der Waals surface area contributed by atoms with Crippen LogP contribution in [-0.4, -0.2) is 22.4 Å². The molecule has 0 spiro atoms. The fraction of sp³-hybridized carbons (Fsp3) is 0.400. The van der Waals surface area contributed by atoms with E-state index in [9.17, 15) is 4.79 Å². The molecule has 0 aliphatic heterocycles. The number of hydrogen-bond donors (Lipinski definition) is 0. The second-order valence-corrected chi connectivity index (χ2v) is 4.61. The summed E-state index contributed by atoms with van der Waals surface area (Å²) in [5, 5.41) is 14.3. The Morgan fingerprint density at radius 3 is 3.00 bits per heavy atom. The van der Waals surface area contributed by atoms with E-state index >= 15 is 0 Å². The van der Waals surface area contributed by atoms with E-state index in [1.54, 1.807) is 13.1 Å². The maximum atomic E-state index is 11.3. The van der Waals surface area contributed by atoms with Gasteiger partial charge in [0.15, 0.2) is 0 Å². The summed E-state index contributed by atoms with van der Waals surface area (Å²) < 4.78 is 6.76. The van der Waals surface area contributed by atoms with Gasteiger partial charge in [-0.1, -0.05) is 0 Å². The van der Waals surface area contributed by atoms with Crippen LogP contribution in [-0.2, 0) is 16.1 Å². The van der Waals surface area contributed by atoms with Crippen molar-refractivity contribution in [3.8, 4) is 6.07 Å². The summed E-state index contributed by atoms with van der Waals surface area (Å²) in [6.07, 6.45) is 2.83. The molecule has 1 aromatic heterocycles. The summed E-state index contributed by atoms with van der Waals surface area (Å²) in [4.78, 5) is 11.3. The van der Waals surface area contributed by atoms with Crippen LogP contribution < -0.4 is 0 Å². The molecular weight excluding hydrogens is 254 g/mol. The van der Waals surface area contributed by atoms with Gasteiger partial charge < -0.3 is 4.74 Å². The average Bonchev–Trinajstić information content (AvgIpc) is 2.80. The second-order valence-electron chi connectivity index (χ2n) is 4.61. The molecule has 0 unspecified atom stereocenters. The van der Waals surface area contributed by atoms with Crippen molar-refractivity contribution in [1.82, 2.24) is 9.78 Å². The van der Waals surface area contributed by atoms with Crippen molar-refractivity contribution >= 4 is 16.9 Å². The second kappa shape index (κ2) is 6.20. The minimum Gasteiger partial charge on any atom is -0.466 e. The lowest BCUT2D eigenvalue weighted by molar-refractivity contribution is -0.143. The molecule has 0 N–H and O–H groups in total. The first kappa shape index (κ1) is 14.1. The third-order valence-corrected chi connectivity index (χ3v) is 3.16. The van der Waals surface area contributed by atoms with Crippen LogP contribution in [0.15, 0.2) is 18.3 Å². The maximum Gasteiger partial charge on any atom is 0.305 e. The fourth-order valence-corrected chi connectivity index (χ4v) is 2.14. The number of nitriles is 1. The van der Waals surface area contributed by atoms with Crippen LogP contribution in [0.25, 0.3) is 10.9 Å². The normalized spacial score (nSPS) is 10.4. The Labute approximate surface area is 117 Å². The molecule has 0 fully saturated rings. The van der Waals surface area contributed by atoms with E-state index in [2.05, 4.69) is 11.2 Å². The zero-order chi connectivity index (χ0) is 14.5. The van der Waals surface area contributed by atoms with E-state index in [0.29, 0.717) is 31.6 Å². The van der Waals surface area contributed by atoms with Crippen molar-refractivity contribution in [3.05, 3.63) is 29.5 Å². The summed E-state index contributed by atoms with van der Waals surface area (Å²) in [7, 11) is 0. The molecule has 20 heavy (non-hydrogen) atoms. The van der Waals surface area contributed by atoms with Crippen molar-refractivity contribution in [2.45, 2.75) is 33.2 Å². The number of esters is 1. The van der Waals surface area contributed by atoms with Crippen LogP contribution in [0.2, 0.25) is 0 Å².